The summed E-state index contributed by atoms with van der Waals surface area (Å²) in [5.74, 6) is 0.228. The van der Waals surface area contributed by atoms with Crippen LogP contribution in [0.3, 0.4) is 0 Å². The van der Waals surface area contributed by atoms with Gasteiger partial charge in [-0.3, -0.25) is 4.57 Å². The normalized spacial score (nSPS) is 14.4. The zero-order valence-corrected chi connectivity index (χ0v) is 13.8. The van der Waals surface area contributed by atoms with Gasteiger partial charge in [-0.2, -0.15) is 0 Å². The third-order valence-corrected chi connectivity index (χ3v) is 3.63. The van der Waals surface area contributed by atoms with Gasteiger partial charge >= 0.3 is 5.97 Å². The van der Waals surface area contributed by atoms with E-state index in [-0.39, 0.29) is 17.3 Å². The Kier molecular flexibility index (Phi) is 4.74. The van der Waals surface area contributed by atoms with E-state index < -0.39 is 6.04 Å². The number of imidazole rings is 1. The van der Waals surface area contributed by atoms with Gasteiger partial charge in [0.2, 0.25) is 0 Å². The zero-order chi connectivity index (χ0) is 15.7. The van der Waals surface area contributed by atoms with Crippen LogP contribution in [0.15, 0.2) is 12.3 Å². The van der Waals surface area contributed by atoms with E-state index in [9.17, 15) is 4.79 Å². The standard InChI is InChI=1S/C14H17Cl2N3O2/c1-7(2)11(14(20)21-4)19-12(8(3)15)18-10-5-9(16)6-17-13(10)19/h5-8,11H,1-4H3. The molecule has 5 nitrogen and oxygen atoms in total. The first kappa shape index (κ1) is 16.0. The fourth-order valence-electron chi connectivity index (χ4n) is 2.33. The van der Waals surface area contributed by atoms with Crippen LogP contribution in [-0.2, 0) is 9.53 Å². The number of pyridine rings is 1. The molecule has 2 heterocycles. The molecule has 2 atom stereocenters. The molecular formula is C14H17Cl2N3O2. The van der Waals surface area contributed by atoms with Gasteiger partial charge in [0.15, 0.2) is 5.65 Å². The molecule has 0 saturated carbocycles. The van der Waals surface area contributed by atoms with Crippen LogP contribution in [0, 0.1) is 5.92 Å². The van der Waals surface area contributed by atoms with E-state index in [1.165, 1.54) is 13.3 Å². The van der Waals surface area contributed by atoms with E-state index in [1.807, 2.05) is 13.8 Å². The number of hydrogen-bond donors (Lipinski definition) is 0. The van der Waals surface area contributed by atoms with Crippen molar-refractivity contribution in [1.29, 1.82) is 0 Å². The summed E-state index contributed by atoms with van der Waals surface area (Å²) < 4.78 is 6.67. The van der Waals surface area contributed by atoms with Gasteiger partial charge in [0.05, 0.1) is 17.5 Å². The largest absolute Gasteiger partial charge is 0.467 e. The number of carbonyl (C=O) groups is 1. The number of alkyl halides is 1. The van der Waals surface area contributed by atoms with Gasteiger partial charge in [-0.15, -0.1) is 11.6 Å². The van der Waals surface area contributed by atoms with Crippen molar-refractivity contribution in [2.75, 3.05) is 7.11 Å². The summed E-state index contributed by atoms with van der Waals surface area (Å²) in [6.45, 7) is 5.67. The maximum atomic E-state index is 12.2. The molecule has 0 radical (unpaired) electrons. The van der Waals surface area contributed by atoms with Crippen molar-refractivity contribution in [2.24, 2.45) is 5.92 Å². The van der Waals surface area contributed by atoms with Crippen molar-refractivity contribution in [3.8, 4) is 0 Å². The number of rotatable bonds is 4. The minimum Gasteiger partial charge on any atom is -0.467 e. The summed E-state index contributed by atoms with van der Waals surface area (Å²) in [6, 6.07) is 1.17. The summed E-state index contributed by atoms with van der Waals surface area (Å²) in [7, 11) is 1.37. The fraction of sp³-hybridized carbons (Fsp3) is 0.500. The second-order valence-corrected chi connectivity index (χ2v) is 6.26. The summed E-state index contributed by atoms with van der Waals surface area (Å²) in [5.41, 5.74) is 1.19. The Hall–Kier alpha value is -1.33. The van der Waals surface area contributed by atoms with Crippen molar-refractivity contribution in [3.63, 3.8) is 0 Å². The van der Waals surface area contributed by atoms with Crippen LogP contribution in [0.5, 0.6) is 0 Å². The van der Waals surface area contributed by atoms with Crippen molar-refractivity contribution < 1.29 is 9.53 Å². The molecule has 114 valence electrons. The summed E-state index contributed by atoms with van der Waals surface area (Å²) in [4.78, 5) is 20.9. The van der Waals surface area contributed by atoms with E-state index >= 15 is 0 Å². The van der Waals surface area contributed by atoms with Crippen molar-refractivity contribution in [2.45, 2.75) is 32.2 Å². The summed E-state index contributed by atoms with van der Waals surface area (Å²) >= 11 is 12.2. The second kappa shape index (κ2) is 6.20. The molecule has 0 aliphatic carbocycles. The Labute approximate surface area is 133 Å². The summed E-state index contributed by atoms with van der Waals surface area (Å²) in [5, 5.41) is 0.115. The third-order valence-electron chi connectivity index (χ3n) is 3.23. The monoisotopic (exact) mass is 329 g/mol. The second-order valence-electron chi connectivity index (χ2n) is 5.16. The molecule has 21 heavy (non-hydrogen) atoms. The van der Waals surface area contributed by atoms with E-state index in [2.05, 4.69) is 9.97 Å². The third kappa shape index (κ3) is 2.99. The molecule has 0 fully saturated rings. The van der Waals surface area contributed by atoms with Crippen molar-refractivity contribution >= 4 is 40.3 Å². The average molecular weight is 330 g/mol. The maximum Gasteiger partial charge on any atom is 0.329 e. The molecule has 0 N–H and O–H groups in total. The lowest BCUT2D eigenvalue weighted by Gasteiger charge is -2.23. The van der Waals surface area contributed by atoms with E-state index in [0.29, 0.717) is 22.0 Å². The topological polar surface area (TPSA) is 57.0 Å². The number of ether oxygens (including phenoxy) is 1. The zero-order valence-electron chi connectivity index (χ0n) is 12.3. The van der Waals surface area contributed by atoms with Crippen molar-refractivity contribution in [1.82, 2.24) is 14.5 Å². The SMILES string of the molecule is COC(=O)C(C(C)C)n1c(C(C)Cl)nc2cc(Cl)cnc21. The Morgan fingerprint density at radius 3 is 2.57 bits per heavy atom. The van der Waals surface area contributed by atoms with Gasteiger partial charge < -0.3 is 4.74 Å². The van der Waals surface area contributed by atoms with Crippen LogP contribution in [0.4, 0.5) is 0 Å². The van der Waals surface area contributed by atoms with Gasteiger partial charge in [-0.25, -0.2) is 14.8 Å². The van der Waals surface area contributed by atoms with Gasteiger partial charge in [0.25, 0.3) is 0 Å². The number of hydrogen-bond acceptors (Lipinski definition) is 4. The number of fused-ring (bicyclic) bond motifs is 1. The Morgan fingerprint density at radius 1 is 1.38 bits per heavy atom. The molecule has 0 aliphatic heterocycles. The predicted molar refractivity (Wildman–Crippen MR) is 82.7 cm³/mol. The first-order chi connectivity index (χ1) is 9.86. The highest BCUT2D eigenvalue weighted by Gasteiger charge is 2.31. The van der Waals surface area contributed by atoms with E-state index in [1.54, 1.807) is 17.6 Å². The van der Waals surface area contributed by atoms with Gasteiger partial charge in [0.1, 0.15) is 17.4 Å². The van der Waals surface area contributed by atoms with Crippen LogP contribution < -0.4 is 0 Å². The van der Waals surface area contributed by atoms with Gasteiger partial charge in [-0.05, 0) is 18.9 Å². The smallest absolute Gasteiger partial charge is 0.329 e. The highest BCUT2D eigenvalue weighted by Crippen LogP contribution is 2.31. The van der Waals surface area contributed by atoms with E-state index in [4.69, 9.17) is 27.9 Å². The van der Waals surface area contributed by atoms with E-state index in [0.717, 1.165) is 0 Å². The van der Waals surface area contributed by atoms with Crippen LogP contribution in [0.1, 0.15) is 38.0 Å². The predicted octanol–water partition coefficient (Wildman–Crippen LogP) is 3.75. The number of aromatic nitrogens is 3. The highest BCUT2D eigenvalue weighted by atomic mass is 35.5. The van der Waals surface area contributed by atoms with Crippen LogP contribution in [0.25, 0.3) is 11.2 Å². The van der Waals surface area contributed by atoms with Crippen LogP contribution in [-0.4, -0.2) is 27.6 Å². The molecule has 2 aromatic heterocycles. The van der Waals surface area contributed by atoms with Gasteiger partial charge in [0, 0.05) is 6.20 Å². The molecule has 0 saturated heterocycles. The highest BCUT2D eigenvalue weighted by molar-refractivity contribution is 6.31. The molecule has 7 heteroatoms. The maximum absolute atomic E-state index is 12.2. The minimum atomic E-state index is -0.537. The first-order valence-electron chi connectivity index (χ1n) is 6.62. The molecule has 0 aromatic carbocycles. The lowest BCUT2D eigenvalue weighted by atomic mass is 10.0. The number of carbonyl (C=O) groups excluding carboxylic acids is 1. The fourth-order valence-corrected chi connectivity index (χ4v) is 2.63. The average Bonchev–Trinajstić information content (AvgIpc) is 2.77. The quantitative estimate of drug-likeness (QED) is 0.633. The Morgan fingerprint density at radius 2 is 2.05 bits per heavy atom. The summed E-state index contributed by atoms with van der Waals surface area (Å²) in [6.07, 6.45) is 1.53. The lowest BCUT2D eigenvalue weighted by molar-refractivity contribution is -0.146. The molecule has 0 amide bonds. The number of methoxy groups -OCH3 is 1. The van der Waals surface area contributed by atoms with Crippen molar-refractivity contribution in [3.05, 3.63) is 23.1 Å². The first-order valence-corrected chi connectivity index (χ1v) is 7.43. The molecular weight excluding hydrogens is 313 g/mol. The molecule has 2 aromatic rings. The number of nitrogens with zero attached hydrogens (tertiary/aromatic N) is 3. The minimum absolute atomic E-state index is 0.00138. The lowest BCUT2D eigenvalue weighted by Crippen LogP contribution is -2.27. The van der Waals surface area contributed by atoms with Gasteiger partial charge in [-0.1, -0.05) is 25.4 Å². The van der Waals surface area contributed by atoms with Crippen LogP contribution in [0.2, 0.25) is 5.02 Å². The molecule has 2 rings (SSSR count). The molecule has 0 spiro atoms. The Balaban J connectivity index is 2.74. The molecule has 0 aliphatic rings. The Bertz CT molecular complexity index is 668. The number of halogens is 2. The van der Waals surface area contributed by atoms with Crippen LogP contribution >= 0.6 is 23.2 Å². The number of esters is 1. The molecule has 2 unspecified atom stereocenters. The molecule has 0 bridgehead atoms.